The molecular weight excluding hydrogens is 339 g/mol. The summed E-state index contributed by atoms with van der Waals surface area (Å²) in [6.07, 6.45) is -4.26. The highest BCUT2D eigenvalue weighted by molar-refractivity contribution is 7.99. The van der Waals surface area contributed by atoms with E-state index in [9.17, 15) is 18.0 Å². The highest BCUT2D eigenvalue weighted by Gasteiger charge is 2.41. The van der Waals surface area contributed by atoms with Crippen molar-refractivity contribution in [2.75, 3.05) is 11.5 Å². The Hall–Kier alpha value is -0.920. The zero-order chi connectivity index (χ0) is 16.8. The molecule has 0 radical (unpaired) electrons. The smallest absolute Gasteiger partial charge is 0.395 e. The fraction of sp³-hybridized carbons (Fsp3) is 0.500. The van der Waals surface area contributed by atoms with Gasteiger partial charge in [-0.25, -0.2) is 0 Å². The van der Waals surface area contributed by atoms with Crippen LogP contribution in [0.2, 0.25) is 5.02 Å². The molecule has 0 aliphatic carbocycles. The topological polar surface area (TPSA) is 63.3 Å². The van der Waals surface area contributed by atoms with E-state index in [2.05, 4.69) is 0 Å². The average Bonchev–Trinajstić information content (AvgIpc) is 2.42. The van der Waals surface area contributed by atoms with Gasteiger partial charge in [0.25, 0.3) is 0 Å². The molecule has 2 atom stereocenters. The summed E-state index contributed by atoms with van der Waals surface area (Å²) in [5, 5.41) is 8.71. The van der Waals surface area contributed by atoms with Crippen LogP contribution < -0.4 is 5.73 Å². The first-order valence-corrected chi connectivity index (χ1v) is 8.14. The number of rotatable bonds is 8. The van der Waals surface area contributed by atoms with E-state index in [4.69, 9.17) is 22.4 Å². The Labute approximate surface area is 136 Å². The van der Waals surface area contributed by atoms with Gasteiger partial charge in [-0.1, -0.05) is 29.8 Å². The maximum absolute atomic E-state index is 13.2. The number of carboxylic acids is 1. The van der Waals surface area contributed by atoms with Gasteiger partial charge in [-0.05, 0) is 36.0 Å². The minimum absolute atomic E-state index is 0.0690. The third-order valence-corrected chi connectivity index (χ3v) is 4.51. The van der Waals surface area contributed by atoms with Gasteiger partial charge in [0.15, 0.2) is 0 Å². The first-order valence-electron chi connectivity index (χ1n) is 6.60. The van der Waals surface area contributed by atoms with Crippen LogP contribution in [0.15, 0.2) is 24.3 Å². The SMILES string of the molecule is NC(CCSCCC(c1ccccc1Cl)C(F)(F)F)C(=O)O. The number of aliphatic carboxylic acids is 1. The van der Waals surface area contributed by atoms with Crippen LogP contribution in [-0.2, 0) is 4.79 Å². The Morgan fingerprint density at radius 3 is 2.41 bits per heavy atom. The summed E-state index contributed by atoms with van der Waals surface area (Å²) < 4.78 is 39.5. The molecule has 2 unspecified atom stereocenters. The summed E-state index contributed by atoms with van der Waals surface area (Å²) in [5.74, 6) is -2.07. The molecule has 0 aliphatic heterocycles. The number of halogens is 4. The van der Waals surface area contributed by atoms with E-state index < -0.39 is 24.1 Å². The molecule has 0 fully saturated rings. The van der Waals surface area contributed by atoms with E-state index in [1.165, 1.54) is 30.0 Å². The molecule has 1 aromatic rings. The van der Waals surface area contributed by atoms with Crippen molar-refractivity contribution in [3.05, 3.63) is 34.9 Å². The van der Waals surface area contributed by atoms with Crippen LogP contribution in [0.3, 0.4) is 0 Å². The fourth-order valence-corrected chi connectivity index (χ4v) is 3.18. The van der Waals surface area contributed by atoms with Crippen LogP contribution in [0.25, 0.3) is 0 Å². The molecule has 3 nitrogen and oxygen atoms in total. The van der Waals surface area contributed by atoms with Crippen molar-refractivity contribution in [3.63, 3.8) is 0 Å². The Kier molecular flexibility index (Phi) is 7.52. The predicted octanol–water partition coefficient (Wildman–Crippen LogP) is 3.91. The van der Waals surface area contributed by atoms with Crippen molar-refractivity contribution in [3.8, 4) is 0 Å². The number of carboxylic acid groups (broad SMARTS) is 1. The summed E-state index contributed by atoms with van der Waals surface area (Å²) in [4.78, 5) is 10.5. The van der Waals surface area contributed by atoms with Gasteiger partial charge in [-0.2, -0.15) is 24.9 Å². The number of carbonyl (C=O) groups is 1. The average molecular weight is 356 g/mol. The Balaban J connectivity index is 2.55. The number of thioether (sulfide) groups is 1. The van der Waals surface area contributed by atoms with Gasteiger partial charge in [-0.15, -0.1) is 0 Å². The number of alkyl halides is 3. The first-order chi connectivity index (χ1) is 10.2. The van der Waals surface area contributed by atoms with E-state index >= 15 is 0 Å². The van der Waals surface area contributed by atoms with E-state index in [0.29, 0.717) is 5.75 Å². The molecule has 0 aromatic heterocycles. The molecule has 0 saturated carbocycles. The standard InChI is InChI=1S/C14H17ClF3NO2S/c15-11-4-2-1-3-9(11)10(14(16,17)18)5-7-22-8-6-12(19)13(20)21/h1-4,10,12H,5-8,19H2,(H,20,21). The highest BCUT2D eigenvalue weighted by atomic mass is 35.5. The normalized spacial score (nSPS) is 14.6. The first kappa shape index (κ1) is 19.1. The summed E-state index contributed by atoms with van der Waals surface area (Å²) in [6, 6.07) is 4.95. The minimum atomic E-state index is -4.37. The van der Waals surface area contributed by atoms with Crippen LogP contribution in [0.4, 0.5) is 13.2 Å². The number of nitrogens with two attached hydrogens (primary N) is 1. The van der Waals surface area contributed by atoms with Gasteiger partial charge in [0.1, 0.15) is 6.04 Å². The lowest BCUT2D eigenvalue weighted by atomic mass is 9.96. The number of benzene rings is 1. The zero-order valence-electron chi connectivity index (χ0n) is 11.6. The quantitative estimate of drug-likeness (QED) is 0.694. The molecule has 0 heterocycles. The molecule has 0 bridgehead atoms. The monoisotopic (exact) mass is 355 g/mol. The molecule has 3 N–H and O–H groups in total. The van der Waals surface area contributed by atoms with Crippen molar-refractivity contribution < 1.29 is 23.1 Å². The van der Waals surface area contributed by atoms with Gasteiger partial charge in [0, 0.05) is 5.02 Å². The summed E-state index contributed by atoms with van der Waals surface area (Å²) >= 11 is 7.11. The molecule has 0 aliphatic rings. The molecule has 0 amide bonds. The lowest BCUT2D eigenvalue weighted by Gasteiger charge is -2.21. The van der Waals surface area contributed by atoms with Gasteiger partial charge < -0.3 is 10.8 Å². The summed E-state index contributed by atoms with van der Waals surface area (Å²) in [7, 11) is 0. The second-order valence-electron chi connectivity index (χ2n) is 4.75. The van der Waals surface area contributed by atoms with Crippen LogP contribution in [0, 0.1) is 0 Å². The summed E-state index contributed by atoms with van der Waals surface area (Å²) in [6.45, 7) is 0. The predicted molar refractivity (Wildman–Crippen MR) is 82.4 cm³/mol. The van der Waals surface area contributed by atoms with E-state index in [1.54, 1.807) is 6.07 Å². The third kappa shape index (κ3) is 6.06. The van der Waals surface area contributed by atoms with Gasteiger partial charge >= 0.3 is 12.1 Å². The highest BCUT2D eigenvalue weighted by Crippen LogP contribution is 2.40. The number of hydrogen-bond donors (Lipinski definition) is 2. The van der Waals surface area contributed by atoms with Crippen LogP contribution in [0.5, 0.6) is 0 Å². The Morgan fingerprint density at radius 2 is 1.86 bits per heavy atom. The van der Waals surface area contributed by atoms with E-state index in [-0.39, 0.29) is 29.2 Å². The second kappa shape index (κ2) is 8.64. The molecule has 1 rings (SSSR count). The van der Waals surface area contributed by atoms with Crippen molar-refractivity contribution in [1.82, 2.24) is 0 Å². The van der Waals surface area contributed by atoms with Crippen LogP contribution >= 0.6 is 23.4 Å². The maximum atomic E-state index is 13.2. The lowest BCUT2D eigenvalue weighted by Crippen LogP contribution is -2.30. The van der Waals surface area contributed by atoms with E-state index in [1.807, 2.05) is 0 Å². The number of hydrogen-bond acceptors (Lipinski definition) is 3. The molecule has 124 valence electrons. The van der Waals surface area contributed by atoms with Crippen LogP contribution in [0.1, 0.15) is 24.3 Å². The third-order valence-electron chi connectivity index (χ3n) is 3.12. The fourth-order valence-electron chi connectivity index (χ4n) is 1.89. The van der Waals surface area contributed by atoms with Gasteiger partial charge in [0.2, 0.25) is 0 Å². The largest absolute Gasteiger partial charge is 0.480 e. The molecule has 0 spiro atoms. The minimum Gasteiger partial charge on any atom is -0.480 e. The van der Waals surface area contributed by atoms with Crippen LogP contribution in [-0.4, -0.2) is 34.8 Å². The van der Waals surface area contributed by atoms with Gasteiger partial charge in [0.05, 0.1) is 5.92 Å². The van der Waals surface area contributed by atoms with Crippen molar-refractivity contribution in [1.29, 1.82) is 0 Å². The summed E-state index contributed by atoms with van der Waals surface area (Å²) in [5.41, 5.74) is 5.40. The van der Waals surface area contributed by atoms with Crippen molar-refractivity contribution in [2.24, 2.45) is 5.73 Å². The Morgan fingerprint density at radius 1 is 1.27 bits per heavy atom. The zero-order valence-corrected chi connectivity index (χ0v) is 13.2. The lowest BCUT2D eigenvalue weighted by molar-refractivity contribution is -0.150. The van der Waals surface area contributed by atoms with E-state index in [0.717, 1.165) is 0 Å². The molecular formula is C14H17ClF3NO2S. The van der Waals surface area contributed by atoms with Gasteiger partial charge in [-0.3, -0.25) is 4.79 Å². The molecule has 1 aromatic carbocycles. The molecule has 22 heavy (non-hydrogen) atoms. The Bertz CT molecular complexity index is 499. The molecule has 8 heteroatoms. The van der Waals surface area contributed by atoms with Crippen molar-refractivity contribution in [2.45, 2.75) is 31.0 Å². The second-order valence-corrected chi connectivity index (χ2v) is 6.38. The maximum Gasteiger partial charge on any atom is 0.395 e. The molecule has 0 saturated heterocycles. The van der Waals surface area contributed by atoms with Crippen molar-refractivity contribution >= 4 is 29.3 Å².